The van der Waals surface area contributed by atoms with E-state index in [4.69, 9.17) is 9.47 Å². The van der Waals surface area contributed by atoms with Crippen LogP contribution in [0.15, 0.2) is 36.8 Å². The highest BCUT2D eigenvalue weighted by Crippen LogP contribution is 2.32. The molecule has 1 aromatic heterocycles. The molecule has 0 fully saturated rings. The standard InChI is InChI=1S/C15H17N3O2/c1-11(18-10-13-9-16-4-5-17-13)12-2-3-14-15(8-12)20-7-6-19-14/h2-5,8-9,11,18H,6-7,10H2,1H3. The zero-order valence-corrected chi connectivity index (χ0v) is 11.4. The third kappa shape index (κ3) is 2.88. The highest BCUT2D eigenvalue weighted by Gasteiger charge is 2.14. The second kappa shape index (κ2) is 5.88. The number of aromatic nitrogens is 2. The minimum absolute atomic E-state index is 0.202. The van der Waals surface area contributed by atoms with Crippen LogP contribution < -0.4 is 14.8 Å². The number of nitrogens with one attached hydrogen (secondary N) is 1. The van der Waals surface area contributed by atoms with Crippen molar-refractivity contribution >= 4 is 0 Å². The van der Waals surface area contributed by atoms with Crippen molar-refractivity contribution in [1.29, 1.82) is 0 Å². The highest BCUT2D eigenvalue weighted by atomic mass is 16.6. The molecule has 5 heteroatoms. The lowest BCUT2D eigenvalue weighted by Crippen LogP contribution is -2.20. The summed E-state index contributed by atoms with van der Waals surface area (Å²) in [5, 5.41) is 3.42. The Labute approximate surface area is 118 Å². The second-order valence-electron chi connectivity index (χ2n) is 4.70. The topological polar surface area (TPSA) is 56.3 Å². The van der Waals surface area contributed by atoms with Gasteiger partial charge in [-0.25, -0.2) is 0 Å². The van der Waals surface area contributed by atoms with Gasteiger partial charge in [-0.2, -0.15) is 0 Å². The van der Waals surface area contributed by atoms with Gasteiger partial charge in [0.15, 0.2) is 11.5 Å². The Bertz CT molecular complexity index is 575. The van der Waals surface area contributed by atoms with Crippen molar-refractivity contribution in [2.75, 3.05) is 13.2 Å². The molecule has 104 valence electrons. The summed E-state index contributed by atoms with van der Waals surface area (Å²) in [5.74, 6) is 1.64. The van der Waals surface area contributed by atoms with Crippen LogP contribution in [0.1, 0.15) is 24.2 Å². The van der Waals surface area contributed by atoms with E-state index in [9.17, 15) is 0 Å². The Morgan fingerprint density at radius 1 is 1.20 bits per heavy atom. The molecule has 1 aliphatic rings. The minimum atomic E-state index is 0.202. The van der Waals surface area contributed by atoms with Crippen LogP contribution in [0.2, 0.25) is 0 Å². The molecule has 0 bridgehead atoms. The molecule has 0 spiro atoms. The number of hydrogen-bond donors (Lipinski definition) is 1. The fourth-order valence-corrected chi connectivity index (χ4v) is 2.13. The molecular weight excluding hydrogens is 254 g/mol. The summed E-state index contributed by atoms with van der Waals surface area (Å²) in [4.78, 5) is 8.30. The van der Waals surface area contributed by atoms with Crippen LogP contribution in [0.5, 0.6) is 11.5 Å². The molecule has 1 atom stereocenters. The van der Waals surface area contributed by atoms with Crippen molar-refractivity contribution in [2.45, 2.75) is 19.5 Å². The molecule has 2 heterocycles. The van der Waals surface area contributed by atoms with E-state index in [1.807, 2.05) is 12.1 Å². The monoisotopic (exact) mass is 271 g/mol. The van der Waals surface area contributed by atoms with Gasteiger partial charge in [-0.15, -0.1) is 0 Å². The lowest BCUT2D eigenvalue weighted by molar-refractivity contribution is 0.171. The summed E-state index contributed by atoms with van der Waals surface area (Å²) in [7, 11) is 0. The summed E-state index contributed by atoms with van der Waals surface area (Å²) in [6.07, 6.45) is 5.14. The molecule has 0 radical (unpaired) electrons. The summed E-state index contributed by atoms with van der Waals surface area (Å²) >= 11 is 0. The number of hydrogen-bond acceptors (Lipinski definition) is 5. The van der Waals surface area contributed by atoms with Crippen LogP contribution in [0.3, 0.4) is 0 Å². The fourth-order valence-electron chi connectivity index (χ4n) is 2.13. The first-order chi connectivity index (χ1) is 9.83. The van der Waals surface area contributed by atoms with Crippen molar-refractivity contribution in [3.05, 3.63) is 48.0 Å². The molecule has 3 rings (SSSR count). The van der Waals surface area contributed by atoms with Crippen LogP contribution in [0, 0.1) is 0 Å². The molecule has 20 heavy (non-hydrogen) atoms. The smallest absolute Gasteiger partial charge is 0.161 e. The maximum atomic E-state index is 5.60. The summed E-state index contributed by atoms with van der Waals surface area (Å²) in [6, 6.07) is 6.25. The SMILES string of the molecule is CC(NCc1cnccn1)c1ccc2c(c1)OCCO2. The van der Waals surface area contributed by atoms with Gasteiger partial charge in [0.25, 0.3) is 0 Å². The van der Waals surface area contributed by atoms with Gasteiger partial charge in [-0.05, 0) is 24.6 Å². The van der Waals surface area contributed by atoms with Crippen LogP contribution in [-0.2, 0) is 6.54 Å². The third-order valence-electron chi connectivity index (χ3n) is 3.27. The maximum Gasteiger partial charge on any atom is 0.161 e. The molecule has 0 saturated carbocycles. The Morgan fingerprint density at radius 3 is 2.85 bits per heavy atom. The van der Waals surface area contributed by atoms with Crippen LogP contribution in [0.4, 0.5) is 0 Å². The predicted molar refractivity (Wildman–Crippen MR) is 74.7 cm³/mol. The van der Waals surface area contributed by atoms with E-state index < -0.39 is 0 Å². The number of ether oxygens (including phenoxy) is 2. The van der Waals surface area contributed by atoms with E-state index >= 15 is 0 Å². The summed E-state index contributed by atoms with van der Waals surface area (Å²) in [6.45, 7) is 4.02. The first-order valence-electron chi connectivity index (χ1n) is 6.71. The maximum absolute atomic E-state index is 5.60. The molecule has 2 aromatic rings. The van der Waals surface area contributed by atoms with Crippen molar-refractivity contribution in [3.63, 3.8) is 0 Å². The van der Waals surface area contributed by atoms with Gasteiger partial charge < -0.3 is 14.8 Å². The molecular formula is C15H17N3O2. The van der Waals surface area contributed by atoms with Gasteiger partial charge in [0, 0.05) is 31.2 Å². The van der Waals surface area contributed by atoms with Crippen LogP contribution >= 0.6 is 0 Å². The van der Waals surface area contributed by atoms with Gasteiger partial charge in [0.2, 0.25) is 0 Å². The molecule has 0 aliphatic carbocycles. The van der Waals surface area contributed by atoms with E-state index in [1.165, 1.54) is 0 Å². The van der Waals surface area contributed by atoms with Gasteiger partial charge in [0.1, 0.15) is 13.2 Å². The van der Waals surface area contributed by atoms with E-state index in [1.54, 1.807) is 18.6 Å². The van der Waals surface area contributed by atoms with Crippen molar-refractivity contribution in [1.82, 2.24) is 15.3 Å². The Hall–Kier alpha value is -2.14. The normalized spacial score (nSPS) is 14.8. The van der Waals surface area contributed by atoms with Crippen molar-refractivity contribution in [2.24, 2.45) is 0 Å². The van der Waals surface area contributed by atoms with E-state index in [0.29, 0.717) is 19.8 Å². The van der Waals surface area contributed by atoms with E-state index in [0.717, 1.165) is 22.8 Å². The van der Waals surface area contributed by atoms with Gasteiger partial charge in [-0.3, -0.25) is 9.97 Å². The number of fused-ring (bicyclic) bond motifs is 1. The molecule has 1 unspecified atom stereocenters. The first-order valence-corrected chi connectivity index (χ1v) is 6.71. The summed E-state index contributed by atoms with van der Waals surface area (Å²) < 4.78 is 11.1. The summed E-state index contributed by atoms with van der Waals surface area (Å²) in [5.41, 5.74) is 2.09. The van der Waals surface area contributed by atoms with Crippen LogP contribution in [0.25, 0.3) is 0 Å². The highest BCUT2D eigenvalue weighted by molar-refractivity contribution is 5.44. The van der Waals surface area contributed by atoms with Crippen molar-refractivity contribution < 1.29 is 9.47 Å². The van der Waals surface area contributed by atoms with E-state index in [-0.39, 0.29) is 6.04 Å². The van der Waals surface area contributed by atoms with Crippen molar-refractivity contribution in [3.8, 4) is 11.5 Å². The quantitative estimate of drug-likeness (QED) is 0.923. The van der Waals surface area contributed by atoms with Gasteiger partial charge in [-0.1, -0.05) is 6.07 Å². The number of benzene rings is 1. The Balaban J connectivity index is 1.66. The fraction of sp³-hybridized carbons (Fsp3) is 0.333. The predicted octanol–water partition coefficient (Wildman–Crippen LogP) is 2.10. The molecule has 0 saturated heterocycles. The third-order valence-corrected chi connectivity index (χ3v) is 3.27. The average molecular weight is 271 g/mol. The van der Waals surface area contributed by atoms with Crippen LogP contribution in [-0.4, -0.2) is 23.2 Å². The molecule has 5 nitrogen and oxygen atoms in total. The Kier molecular flexibility index (Phi) is 3.78. The zero-order valence-electron chi connectivity index (χ0n) is 11.4. The van der Waals surface area contributed by atoms with E-state index in [2.05, 4.69) is 28.3 Å². The average Bonchev–Trinajstić information content (AvgIpc) is 2.53. The molecule has 1 N–H and O–H groups in total. The Morgan fingerprint density at radius 2 is 2.05 bits per heavy atom. The number of rotatable bonds is 4. The zero-order chi connectivity index (χ0) is 13.8. The largest absolute Gasteiger partial charge is 0.486 e. The molecule has 1 aromatic carbocycles. The van der Waals surface area contributed by atoms with Gasteiger partial charge in [0.05, 0.1) is 5.69 Å². The number of nitrogens with zero attached hydrogens (tertiary/aromatic N) is 2. The van der Waals surface area contributed by atoms with Gasteiger partial charge >= 0.3 is 0 Å². The minimum Gasteiger partial charge on any atom is -0.486 e. The second-order valence-corrected chi connectivity index (χ2v) is 4.70. The lowest BCUT2D eigenvalue weighted by atomic mass is 10.1. The molecule has 0 amide bonds. The lowest BCUT2D eigenvalue weighted by Gasteiger charge is -2.21. The first kappa shape index (κ1) is 12.9. The molecule has 1 aliphatic heterocycles.